The molecule has 1 atom stereocenters. The molecular weight excluding hydrogens is 208 g/mol. The molecule has 2 nitrogen and oxygen atoms in total. The van der Waals surface area contributed by atoms with Crippen LogP contribution in [0.3, 0.4) is 0 Å². The van der Waals surface area contributed by atoms with Gasteiger partial charge in [0.2, 0.25) is 0 Å². The van der Waals surface area contributed by atoms with Crippen LogP contribution in [0.5, 0.6) is 0 Å². The third-order valence-corrected chi connectivity index (χ3v) is 4.30. The smallest absolute Gasteiger partial charge is 0.0331 e. The van der Waals surface area contributed by atoms with E-state index in [0.717, 1.165) is 18.5 Å². The fraction of sp³-hybridized carbons (Fsp3) is 1.00. The summed E-state index contributed by atoms with van der Waals surface area (Å²) in [4.78, 5) is 2.76. The molecule has 17 heavy (non-hydrogen) atoms. The standard InChI is InChI=1S/C15H32N2/c1-5-10-15(6-2,12-16)17(14-7-8-14)11-9-13(3)4/h13-14H,5-12,16H2,1-4H3. The van der Waals surface area contributed by atoms with Crippen molar-refractivity contribution in [3.63, 3.8) is 0 Å². The first-order valence-electron chi connectivity index (χ1n) is 7.56. The second-order valence-corrected chi connectivity index (χ2v) is 6.14. The molecule has 2 N–H and O–H groups in total. The molecule has 0 radical (unpaired) electrons. The molecule has 0 bridgehead atoms. The Bertz CT molecular complexity index is 205. The lowest BCUT2D eigenvalue weighted by atomic mass is 9.87. The van der Waals surface area contributed by atoms with Crippen molar-refractivity contribution in [2.24, 2.45) is 11.7 Å². The van der Waals surface area contributed by atoms with E-state index >= 15 is 0 Å². The number of nitrogens with two attached hydrogens (primary N) is 1. The van der Waals surface area contributed by atoms with E-state index in [2.05, 4.69) is 32.6 Å². The lowest BCUT2D eigenvalue weighted by Crippen LogP contribution is -2.55. The minimum atomic E-state index is 0.283. The van der Waals surface area contributed by atoms with Gasteiger partial charge in [0.15, 0.2) is 0 Å². The van der Waals surface area contributed by atoms with Crippen molar-refractivity contribution in [1.29, 1.82) is 0 Å². The zero-order valence-corrected chi connectivity index (χ0v) is 12.3. The molecule has 0 aromatic heterocycles. The van der Waals surface area contributed by atoms with Crippen LogP contribution in [0.2, 0.25) is 0 Å². The predicted molar refractivity (Wildman–Crippen MR) is 76.2 cm³/mol. The largest absolute Gasteiger partial charge is 0.329 e. The Hall–Kier alpha value is -0.0800. The first-order valence-corrected chi connectivity index (χ1v) is 7.56. The van der Waals surface area contributed by atoms with Crippen molar-refractivity contribution >= 4 is 0 Å². The first-order chi connectivity index (χ1) is 8.09. The highest BCUT2D eigenvalue weighted by Crippen LogP contribution is 2.37. The fourth-order valence-corrected chi connectivity index (χ4v) is 2.94. The van der Waals surface area contributed by atoms with Crippen molar-refractivity contribution in [3.8, 4) is 0 Å². The van der Waals surface area contributed by atoms with Crippen LogP contribution in [-0.2, 0) is 0 Å². The molecular formula is C15H32N2. The summed E-state index contributed by atoms with van der Waals surface area (Å²) in [5, 5.41) is 0. The first kappa shape index (κ1) is 15.0. The highest BCUT2D eigenvalue weighted by atomic mass is 15.3. The average Bonchev–Trinajstić information content (AvgIpc) is 3.11. The minimum absolute atomic E-state index is 0.283. The van der Waals surface area contributed by atoms with Crippen LogP contribution in [0.1, 0.15) is 66.2 Å². The quantitative estimate of drug-likeness (QED) is 0.669. The van der Waals surface area contributed by atoms with E-state index in [1.54, 1.807) is 0 Å². The molecule has 1 aliphatic rings. The highest BCUT2D eigenvalue weighted by Gasteiger charge is 2.41. The lowest BCUT2D eigenvalue weighted by Gasteiger charge is -2.44. The normalized spacial score (nSPS) is 19.9. The van der Waals surface area contributed by atoms with Gasteiger partial charge in [-0.3, -0.25) is 4.90 Å². The second kappa shape index (κ2) is 6.75. The molecule has 0 saturated heterocycles. The summed E-state index contributed by atoms with van der Waals surface area (Å²) in [5.41, 5.74) is 6.42. The summed E-state index contributed by atoms with van der Waals surface area (Å²) in [6, 6.07) is 0.837. The van der Waals surface area contributed by atoms with Gasteiger partial charge in [0, 0.05) is 18.1 Å². The molecule has 0 aromatic rings. The highest BCUT2D eigenvalue weighted by molar-refractivity contribution is 4.98. The molecule has 1 rings (SSSR count). The Kier molecular flexibility index (Phi) is 5.94. The van der Waals surface area contributed by atoms with Crippen LogP contribution in [0.15, 0.2) is 0 Å². The van der Waals surface area contributed by atoms with E-state index in [1.807, 2.05) is 0 Å². The van der Waals surface area contributed by atoms with Crippen LogP contribution in [0, 0.1) is 5.92 Å². The molecule has 1 fully saturated rings. The maximum absolute atomic E-state index is 6.14. The van der Waals surface area contributed by atoms with Crippen LogP contribution in [0.4, 0.5) is 0 Å². The number of hydrogen-bond acceptors (Lipinski definition) is 2. The predicted octanol–water partition coefficient (Wildman–Crippen LogP) is 3.40. The summed E-state index contributed by atoms with van der Waals surface area (Å²) < 4.78 is 0. The zero-order valence-electron chi connectivity index (χ0n) is 12.3. The zero-order chi connectivity index (χ0) is 12.9. The van der Waals surface area contributed by atoms with Gasteiger partial charge in [-0.2, -0.15) is 0 Å². The fourth-order valence-electron chi connectivity index (χ4n) is 2.94. The van der Waals surface area contributed by atoms with Crippen molar-refractivity contribution in [2.75, 3.05) is 13.1 Å². The number of nitrogens with zero attached hydrogens (tertiary/aromatic N) is 1. The summed E-state index contributed by atoms with van der Waals surface area (Å²) in [6.45, 7) is 11.3. The SMILES string of the molecule is CCCC(CC)(CN)N(CCC(C)C)C1CC1. The van der Waals surface area contributed by atoms with E-state index in [1.165, 1.54) is 45.1 Å². The molecule has 0 spiro atoms. The van der Waals surface area contributed by atoms with Crippen molar-refractivity contribution in [1.82, 2.24) is 4.90 Å². The van der Waals surface area contributed by atoms with E-state index in [9.17, 15) is 0 Å². The van der Waals surface area contributed by atoms with Crippen LogP contribution >= 0.6 is 0 Å². The van der Waals surface area contributed by atoms with Gasteiger partial charge >= 0.3 is 0 Å². The average molecular weight is 240 g/mol. The molecule has 102 valence electrons. The summed E-state index contributed by atoms with van der Waals surface area (Å²) >= 11 is 0. The van der Waals surface area contributed by atoms with Gasteiger partial charge in [0.25, 0.3) is 0 Å². The third kappa shape index (κ3) is 3.96. The molecule has 2 heteroatoms. The minimum Gasteiger partial charge on any atom is -0.329 e. The Labute approximate surface area is 108 Å². The summed E-state index contributed by atoms with van der Waals surface area (Å²) in [7, 11) is 0. The van der Waals surface area contributed by atoms with Gasteiger partial charge in [-0.1, -0.05) is 34.1 Å². The lowest BCUT2D eigenvalue weighted by molar-refractivity contribution is 0.0660. The molecule has 1 unspecified atom stereocenters. The van der Waals surface area contributed by atoms with Crippen molar-refractivity contribution < 1.29 is 0 Å². The number of rotatable bonds is 9. The van der Waals surface area contributed by atoms with Crippen LogP contribution < -0.4 is 5.73 Å². The van der Waals surface area contributed by atoms with Crippen molar-refractivity contribution in [3.05, 3.63) is 0 Å². The molecule has 1 aliphatic carbocycles. The van der Waals surface area contributed by atoms with Gasteiger partial charge in [-0.05, 0) is 44.6 Å². The summed E-state index contributed by atoms with van der Waals surface area (Å²) in [6.07, 6.45) is 7.80. The van der Waals surface area contributed by atoms with Crippen molar-refractivity contribution in [2.45, 2.75) is 77.8 Å². The van der Waals surface area contributed by atoms with Gasteiger partial charge in [0.1, 0.15) is 0 Å². The van der Waals surface area contributed by atoms with E-state index in [0.29, 0.717) is 0 Å². The van der Waals surface area contributed by atoms with Gasteiger partial charge in [-0.25, -0.2) is 0 Å². The third-order valence-electron chi connectivity index (χ3n) is 4.30. The molecule has 0 amide bonds. The Morgan fingerprint density at radius 1 is 1.29 bits per heavy atom. The maximum Gasteiger partial charge on any atom is 0.0331 e. The molecule has 0 heterocycles. The molecule has 0 aliphatic heterocycles. The van der Waals surface area contributed by atoms with E-state index in [4.69, 9.17) is 5.73 Å². The molecule has 0 aromatic carbocycles. The summed E-state index contributed by atoms with van der Waals surface area (Å²) in [5.74, 6) is 0.796. The Morgan fingerprint density at radius 3 is 2.29 bits per heavy atom. The van der Waals surface area contributed by atoms with Crippen LogP contribution in [-0.4, -0.2) is 29.6 Å². The Balaban J connectivity index is 2.69. The van der Waals surface area contributed by atoms with Gasteiger partial charge in [-0.15, -0.1) is 0 Å². The van der Waals surface area contributed by atoms with E-state index in [-0.39, 0.29) is 5.54 Å². The second-order valence-electron chi connectivity index (χ2n) is 6.14. The number of hydrogen-bond donors (Lipinski definition) is 1. The Morgan fingerprint density at radius 2 is 1.94 bits per heavy atom. The van der Waals surface area contributed by atoms with Gasteiger partial charge < -0.3 is 5.73 Å². The van der Waals surface area contributed by atoms with Crippen LogP contribution in [0.25, 0.3) is 0 Å². The topological polar surface area (TPSA) is 29.3 Å². The monoisotopic (exact) mass is 240 g/mol. The maximum atomic E-state index is 6.14. The molecule has 1 saturated carbocycles. The van der Waals surface area contributed by atoms with Gasteiger partial charge in [0.05, 0.1) is 0 Å². The van der Waals surface area contributed by atoms with E-state index < -0.39 is 0 Å².